The number of likely N-dealkylation sites (N-methyl/N-ethyl adjacent to an activating group) is 1. The Balaban J connectivity index is 1.28. The average molecular weight is 537 g/mol. The zero-order valence-electron chi connectivity index (χ0n) is 21.7. The molecule has 38 heavy (non-hydrogen) atoms. The predicted octanol–water partition coefficient (Wildman–Crippen LogP) is 3.51. The molecule has 10 heteroatoms. The quantitative estimate of drug-likeness (QED) is 0.456. The third-order valence-corrected chi connectivity index (χ3v) is 7.58. The van der Waals surface area contributed by atoms with Crippen molar-refractivity contribution >= 4 is 33.2 Å². The van der Waals surface area contributed by atoms with Gasteiger partial charge in [0.2, 0.25) is 0 Å². The van der Waals surface area contributed by atoms with Gasteiger partial charge in [-0.1, -0.05) is 6.07 Å². The fourth-order valence-corrected chi connectivity index (χ4v) is 5.24. The number of benzene rings is 3. The molecule has 0 spiro atoms. The van der Waals surface area contributed by atoms with Gasteiger partial charge >= 0.3 is 0 Å². The molecule has 0 atom stereocenters. The smallest absolute Gasteiger partial charge is 0.262 e. The Morgan fingerprint density at radius 1 is 0.842 bits per heavy atom. The largest absolute Gasteiger partial charge is 0.484 e. The number of amides is 2. The molecule has 2 N–H and O–H groups in total. The lowest BCUT2D eigenvalue weighted by molar-refractivity contribution is -0.118. The molecule has 0 aromatic heterocycles. The number of nitrogens with zero attached hydrogens (tertiary/aromatic N) is 2. The third-order valence-electron chi connectivity index (χ3n) is 6.18. The number of nitrogens with one attached hydrogen (secondary N) is 2. The molecule has 3 aromatic rings. The highest BCUT2D eigenvalue weighted by molar-refractivity contribution is 7.92. The molecule has 9 nitrogen and oxygen atoms in total. The van der Waals surface area contributed by atoms with Crippen LogP contribution in [0.5, 0.6) is 5.75 Å². The highest BCUT2D eigenvalue weighted by atomic mass is 32.2. The second-order valence-electron chi connectivity index (χ2n) is 9.46. The van der Waals surface area contributed by atoms with E-state index >= 15 is 0 Å². The van der Waals surface area contributed by atoms with Crippen LogP contribution in [0.2, 0.25) is 0 Å². The summed E-state index contributed by atoms with van der Waals surface area (Å²) in [5, 5.41) is 2.73. The van der Waals surface area contributed by atoms with Gasteiger partial charge in [-0.15, -0.1) is 0 Å². The zero-order chi connectivity index (χ0) is 27.3. The van der Waals surface area contributed by atoms with Gasteiger partial charge in [0.05, 0.1) is 4.90 Å². The molecule has 200 valence electrons. The number of sulfonamides is 1. The van der Waals surface area contributed by atoms with Crippen LogP contribution in [0.15, 0.2) is 71.6 Å². The zero-order valence-corrected chi connectivity index (χ0v) is 22.5. The predicted molar refractivity (Wildman–Crippen MR) is 147 cm³/mol. The monoisotopic (exact) mass is 536 g/mol. The summed E-state index contributed by atoms with van der Waals surface area (Å²) in [5.41, 5.74) is 3.54. The Hall–Kier alpha value is -3.89. The van der Waals surface area contributed by atoms with Crippen molar-refractivity contribution in [3.8, 4) is 5.75 Å². The lowest BCUT2D eigenvalue weighted by Gasteiger charge is -2.32. The van der Waals surface area contributed by atoms with Crippen LogP contribution >= 0.6 is 0 Å². The van der Waals surface area contributed by atoms with Crippen LogP contribution in [0.3, 0.4) is 0 Å². The maximum absolute atomic E-state index is 12.7. The number of anilines is 2. The lowest BCUT2D eigenvalue weighted by atomic mass is 10.1. The molecule has 3 aromatic carbocycles. The average Bonchev–Trinajstić information content (AvgIpc) is 2.87. The van der Waals surface area contributed by atoms with Crippen LogP contribution in [0.25, 0.3) is 0 Å². The van der Waals surface area contributed by atoms with Crippen molar-refractivity contribution in [2.75, 3.05) is 49.9 Å². The fraction of sp³-hybridized carbons (Fsp3) is 0.286. The molecule has 0 bridgehead atoms. The van der Waals surface area contributed by atoms with Crippen molar-refractivity contribution in [3.63, 3.8) is 0 Å². The van der Waals surface area contributed by atoms with Crippen LogP contribution in [-0.2, 0) is 14.8 Å². The molecule has 2 amide bonds. The van der Waals surface area contributed by atoms with Gasteiger partial charge < -0.3 is 19.9 Å². The van der Waals surface area contributed by atoms with Gasteiger partial charge in [0.1, 0.15) is 5.75 Å². The number of aryl methyl sites for hydroxylation is 2. The van der Waals surface area contributed by atoms with E-state index < -0.39 is 10.0 Å². The molecule has 4 rings (SSSR count). The topological polar surface area (TPSA) is 108 Å². The standard InChI is InChI=1S/C28H32N4O5S/c1-20-16-21(2)18-24(17-20)30-38(35,36)26-10-8-25(9-11-26)37-19-27(33)29-23-6-4-22(5-7-23)28(34)32-14-12-31(3)13-15-32/h4-11,16-18,30H,12-15,19H2,1-3H3,(H,29,33). The molecule has 1 aliphatic rings. The first-order valence-electron chi connectivity index (χ1n) is 12.3. The van der Waals surface area contributed by atoms with Crippen molar-refractivity contribution in [1.29, 1.82) is 0 Å². The third kappa shape index (κ3) is 7.11. The Morgan fingerprint density at radius 2 is 1.45 bits per heavy atom. The molecular formula is C28H32N4O5S. The molecule has 1 fully saturated rings. The maximum atomic E-state index is 12.7. The maximum Gasteiger partial charge on any atom is 0.262 e. The van der Waals surface area contributed by atoms with Gasteiger partial charge in [0.25, 0.3) is 21.8 Å². The van der Waals surface area contributed by atoms with E-state index in [1.807, 2.05) is 31.9 Å². The van der Waals surface area contributed by atoms with Gasteiger partial charge in [0, 0.05) is 43.1 Å². The molecule has 0 aliphatic carbocycles. The molecule has 0 saturated carbocycles. The molecular weight excluding hydrogens is 504 g/mol. The van der Waals surface area contributed by atoms with E-state index in [1.165, 1.54) is 24.3 Å². The SMILES string of the molecule is Cc1cc(C)cc(NS(=O)(=O)c2ccc(OCC(=O)Nc3ccc(C(=O)N4CCN(C)CC4)cc3)cc2)c1. The first-order valence-corrected chi connectivity index (χ1v) is 13.8. The lowest BCUT2D eigenvalue weighted by Crippen LogP contribution is -2.47. The Labute approximate surface area is 223 Å². The highest BCUT2D eigenvalue weighted by Gasteiger charge is 2.20. The van der Waals surface area contributed by atoms with E-state index in [1.54, 1.807) is 36.4 Å². The minimum Gasteiger partial charge on any atom is -0.484 e. The van der Waals surface area contributed by atoms with Gasteiger partial charge in [-0.25, -0.2) is 8.42 Å². The second kappa shape index (κ2) is 11.7. The Bertz CT molecular complexity index is 1380. The van der Waals surface area contributed by atoms with E-state index in [9.17, 15) is 18.0 Å². The van der Waals surface area contributed by atoms with Crippen molar-refractivity contribution in [3.05, 3.63) is 83.4 Å². The summed E-state index contributed by atoms with van der Waals surface area (Å²) in [5.74, 6) is -0.0380. The summed E-state index contributed by atoms with van der Waals surface area (Å²) in [6, 6.07) is 18.1. The van der Waals surface area contributed by atoms with Crippen LogP contribution in [0.4, 0.5) is 11.4 Å². The van der Waals surface area contributed by atoms with Crippen molar-refractivity contribution in [2.45, 2.75) is 18.7 Å². The molecule has 0 unspecified atom stereocenters. The summed E-state index contributed by atoms with van der Waals surface area (Å²) in [6.07, 6.45) is 0. The Kier molecular flexibility index (Phi) is 8.33. The Morgan fingerprint density at radius 3 is 2.05 bits per heavy atom. The van der Waals surface area contributed by atoms with E-state index in [-0.39, 0.29) is 23.3 Å². The van der Waals surface area contributed by atoms with Crippen molar-refractivity contribution in [1.82, 2.24) is 9.80 Å². The number of piperazine rings is 1. The minimum absolute atomic E-state index is 0.0195. The summed E-state index contributed by atoms with van der Waals surface area (Å²) < 4.78 is 33.6. The van der Waals surface area contributed by atoms with Crippen LogP contribution in [0.1, 0.15) is 21.5 Å². The van der Waals surface area contributed by atoms with Crippen molar-refractivity contribution in [2.24, 2.45) is 0 Å². The van der Waals surface area contributed by atoms with E-state index in [4.69, 9.17) is 4.74 Å². The number of carbonyl (C=O) groups is 2. The first-order chi connectivity index (χ1) is 18.1. The number of ether oxygens (including phenoxy) is 1. The molecule has 1 saturated heterocycles. The second-order valence-corrected chi connectivity index (χ2v) is 11.1. The van der Waals surface area contributed by atoms with Crippen LogP contribution in [-0.4, -0.2) is 69.9 Å². The number of hydrogen-bond donors (Lipinski definition) is 2. The van der Waals surface area contributed by atoms with Crippen LogP contribution < -0.4 is 14.8 Å². The minimum atomic E-state index is -3.77. The summed E-state index contributed by atoms with van der Waals surface area (Å²) in [7, 11) is -1.73. The summed E-state index contributed by atoms with van der Waals surface area (Å²) in [4.78, 5) is 29.1. The van der Waals surface area contributed by atoms with Gasteiger partial charge in [-0.3, -0.25) is 14.3 Å². The fourth-order valence-electron chi connectivity index (χ4n) is 4.20. The number of rotatable bonds is 8. The molecule has 1 aliphatic heterocycles. The normalized spacial score (nSPS) is 14.1. The highest BCUT2D eigenvalue weighted by Crippen LogP contribution is 2.21. The molecule has 0 radical (unpaired) electrons. The van der Waals surface area contributed by atoms with E-state index in [2.05, 4.69) is 14.9 Å². The van der Waals surface area contributed by atoms with E-state index in [0.29, 0.717) is 35.8 Å². The van der Waals surface area contributed by atoms with Gasteiger partial charge in [-0.2, -0.15) is 0 Å². The molecule has 1 heterocycles. The summed E-state index contributed by atoms with van der Waals surface area (Å²) >= 11 is 0. The van der Waals surface area contributed by atoms with Crippen molar-refractivity contribution < 1.29 is 22.7 Å². The first kappa shape index (κ1) is 27.2. The number of carbonyl (C=O) groups excluding carboxylic acids is 2. The van der Waals surface area contributed by atoms with Gasteiger partial charge in [0.15, 0.2) is 6.61 Å². The number of hydrogen-bond acceptors (Lipinski definition) is 6. The summed E-state index contributed by atoms with van der Waals surface area (Å²) in [6.45, 7) is 6.64. The van der Waals surface area contributed by atoms with Crippen LogP contribution in [0, 0.1) is 13.8 Å². The van der Waals surface area contributed by atoms with Gasteiger partial charge in [-0.05, 0) is 92.7 Å². The van der Waals surface area contributed by atoms with E-state index in [0.717, 1.165) is 24.2 Å².